The number of thioether (sulfide) groups is 1. The predicted octanol–water partition coefficient (Wildman–Crippen LogP) is 2.24. The normalized spacial score (nSPS) is 19.9. The molecule has 1 aliphatic rings. The Morgan fingerprint density at radius 2 is 2.31 bits per heavy atom. The molecule has 2 rings (SSSR count). The van der Waals surface area contributed by atoms with Gasteiger partial charge in [0.2, 0.25) is 0 Å². The molecular weight excluding hydrogens is 220 g/mol. The van der Waals surface area contributed by atoms with Gasteiger partial charge < -0.3 is 10.5 Å². The van der Waals surface area contributed by atoms with Gasteiger partial charge in [0.1, 0.15) is 5.84 Å². The van der Waals surface area contributed by atoms with E-state index in [0.29, 0.717) is 6.10 Å². The lowest BCUT2D eigenvalue weighted by Gasteiger charge is -2.11. The number of nitrogens with two attached hydrogens (primary N) is 1. The maximum atomic E-state index is 7.50. The average Bonchev–Trinajstić information content (AvgIpc) is 2.79. The van der Waals surface area contributed by atoms with Gasteiger partial charge in [0.25, 0.3) is 0 Å². The van der Waals surface area contributed by atoms with Gasteiger partial charge in [-0.15, -0.1) is 11.8 Å². The Morgan fingerprint density at radius 3 is 3.00 bits per heavy atom. The van der Waals surface area contributed by atoms with Gasteiger partial charge in [0, 0.05) is 22.8 Å². The van der Waals surface area contributed by atoms with Crippen molar-refractivity contribution in [2.24, 2.45) is 5.73 Å². The van der Waals surface area contributed by atoms with Crippen LogP contribution in [0.5, 0.6) is 0 Å². The Balaban J connectivity index is 2.00. The van der Waals surface area contributed by atoms with E-state index in [1.165, 1.54) is 6.42 Å². The third kappa shape index (κ3) is 2.77. The molecule has 1 atom stereocenters. The average molecular weight is 236 g/mol. The summed E-state index contributed by atoms with van der Waals surface area (Å²) in [5, 5.41) is 7.50. The Morgan fingerprint density at radius 1 is 1.50 bits per heavy atom. The number of rotatable bonds is 4. The van der Waals surface area contributed by atoms with Crippen molar-refractivity contribution in [1.82, 2.24) is 0 Å². The molecule has 0 amide bonds. The standard InChI is InChI=1S/C12H16N2OS/c13-12(14)10-5-1-2-6-11(10)16-8-9-4-3-7-15-9/h1-2,5-6,9H,3-4,7-8H2,(H3,13,14). The highest BCUT2D eigenvalue weighted by molar-refractivity contribution is 7.99. The van der Waals surface area contributed by atoms with Gasteiger partial charge >= 0.3 is 0 Å². The van der Waals surface area contributed by atoms with E-state index in [2.05, 4.69) is 0 Å². The SMILES string of the molecule is N=C(N)c1ccccc1SCC1CCCO1. The third-order valence-corrected chi connectivity index (χ3v) is 3.83. The minimum Gasteiger partial charge on any atom is -0.384 e. The summed E-state index contributed by atoms with van der Waals surface area (Å²) < 4.78 is 5.57. The maximum Gasteiger partial charge on any atom is 0.123 e. The Hall–Kier alpha value is -1.00. The van der Waals surface area contributed by atoms with Crippen molar-refractivity contribution in [2.75, 3.05) is 12.4 Å². The first-order valence-electron chi connectivity index (χ1n) is 5.45. The molecule has 1 heterocycles. The zero-order valence-corrected chi connectivity index (χ0v) is 9.93. The van der Waals surface area contributed by atoms with Crippen molar-refractivity contribution in [1.29, 1.82) is 5.41 Å². The van der Waals surface area contributed by atoms with E-state index >= 15 is 0 Å². The van der Waals surface area contributed by atoms with Crippen LogP contribution in [0.4, 0.5) is 0 Å². The molecule has 1 aromatic rings. The molecule has 0 aliphatic carbocycles. The van der Waals surface area contributed by atoms with E-state index in [1.807, 2.05) is 24.3 Å². The van der Waals surface area contributed by atoms with E-state index in [0.717, 1.165) is 29.2 Å². The summed E-state index contributed by atoms with van der Waals surface area (Å²) in [5.41, 5.74) is 6.36. The first-order valence-corrected chi connectivity index (χ1v) is 6.44. The summed E-state index contributed by atoms with van der Waals surface area (Å²) in [5.74, 6) is 1.08. The molecule has 0 bridgehead atoms. The van der Waals surface area contributed by atoms with Gasteiger partial charge in [-0.05, 0) is 18.9 Å². The predicted molar refractivity (Wildman–Crippen MR) is 67.2 cm³/mol. The van der Waals surface area contributed by atoms with Crippen molar-refractivity contribution in [3.05, 3.63) is 29.8 Å². The molecule has 1 fully saturated rings. The number of amidine groups is 1. The van der Waals surface area contributed by atoms with Gasteiger partial charge in [0.05, 0.1) is 6.10 Å². The summed E-state index contributed by atoms with van der Waals surface area (Å²) in [6.45, 7) is 0.888. The Kier molecular flexibility index (Phi) is 3.85. The van der Waals surface area contributed by atoms with E-state index in [1.54, 1.807) is 11.8 Å². The second-order valence-corrected chi connectivity index (χ2v) is 4.92. The topological polar surface area (TPSA) is 59.1 Å². The van der Waals surface area contributed by atoms with Gasteiger partial charge in [-0.1, -0.05) is 18.2 Å². The van der Waals surface area contributed by atoms with Gasteiger partial charge in [-0.3, -0.25) is 5.41 Å². The molecule has 0 aromatic heterocycles. The molecule has 3 N–H and O–H groups in total. The lowest BCUT2D eigenvalue weighted by atomic mass is 10.2. The quantitative estimate of drug-likeness (QED) is 0.479. The number of nitrogen functional groups attached to an aromatic ring is 1. The molecule has 0 radical (unpaired) electrons. The van der Waals surface area contributed by atoms with Crippen LogP contribution in [0.2, 0.25) is 0 Å². The van der Waals surface area contributed by atoms with E-state index in [4.69, 9.17) is 15.9 Å². The fourth-order valence-corrected chi connectivity index (χ4v) is 2.91. The monoisotopic (exact) mass is 236 g/mol. The van der Waals surface area contributed by atoms with Crippen LogP contribution < -0.4 is 5.73 Å². The smallest absolute Gasteiger partial charge is 0.123 e. The minimum atomic E-state index is 0.135. The fourth-order valence-electron chi connectivity index (χ4n) is 1.77. The number of nitrogens with one attached hydrogen (secondary N) is 1. The molecule has 0 spiro atoms. The van der Waals surface area contributed by atoms with Crippen LogP contribution in [0, 0.1) is 5.41 Å². The highest BCUT2D eigenvalue weighted by Gasteiger charge is 2.16. The van der Waals surface area contributed by atoms with Crippen LogP contribution in [0.25, 0.3) is 0 Å². The minimum absolute atomic E-state index is 0.135. The largest absolute Gasteiger partial charge is 0.384 e. The second-order valence-electron chi connectivity index (χ2n) is 3.86. The Labute approximate surface area is 99.9 Å². The molecule has 16 heavy (non-hydrogen) atoms. The van der Waals surface area contributed by atoms with Crippen molar-refractivity contribution in [3.8, 4) is 0 Å². The van der Waals surface area contributed by atoms with Crippen molar-refractivity contribution < 1.29 is 4.74 Å². The maximum absolute atomic E-state index is 7.50. The zero-order chi connectivity index (χ0) is 11.4. The molecule has 3 nitrogen and oxygen atoms in total. The lowest BCUT2D eigenvalue weighted by molar-refractivity contribution is 0.129. The molecule has 0 saturated carbocycles. The van der Waals surface area contributed by atoms with Crippen LogP contribution in [0.3, 0.4) is 0 Å². The van der Waals surface area contributed by atoms with Crippen LogP contribution in [-0.4, -0.2) is 24.3 Å². The van der Waals surface area contributed by atoms with Crippen LogP contribution >= 0.6 is 11.8 Å². The second kappa shape index (κ2) is 5.37. The van der Waals surface area contributed by atoms with Gasteiger partial charge in [-0.2, -0.15) is 0 Å². The van der Waals surface area contributed by atoms with Crippen LogP contribution in [0.1, 0.15) is 18.4 Å². The van der Waals surface area contributed by atoms with Gasteiger partial charge in [-0.25, -0.2) is 0 Å². The molecule has 86 valence electrons. The van der Waals surface area contributed by atoms with Crippen LogP contribution in [0.15, 0.2) is 29.2 Å². The Bertz CT molecular complexity index is 375. The van der Waals surface area contributed by atoms with Gasteiger partial charge in [0.15, 0.2) is 0 Å². The molecule has 1 aliphatic heterocycles. The van der Waals surface area contributed by atoms with Crippen LogP contribution in [-0.2, 0) is 4.74 Å². The van der Waals surface area contributed by atoms with E-state index < -0.39 is 0 Å². The summed E-state index contributed by atoms with van der Waals surface area (Å²) in [6, 6.07) is 7.79. The summed E-state index contributed by atoms with van der Waals surface area (Å²) >= 11 is 1.73. The number of benzene rings is 1. The number of hydrogen-bond acceptors (Lipinski definition) is 3. The summed E-state index contributed by atoms with van der Waals surface area (Å²) in [4.78, 5) is 1.07. The van der Waals surface area contributed by atoms with Crippen molar-refractivity contribution in [2.45, 2.75) is 23.8 Å². The molecule has 1 saturated heterocycles. The summed E-state index contributed by atoms with van der Waals surface area (Å²) in [7, 11) is 0. The van der Waals surface area contributed by atoms with E-state index in [9.17, 15) is 0 Å². The molecule has 1 unspecified atom stereocenters. The van der Waals surface area contributed by atoms with Crippen molar-refractivity contribution in [3.63, 3.8) is 0 Å². The zero-order valence-electron chi connectivity index (χ0n) is 9.11. The third-order valence-electron chi connectivity index (χ3n) is 2.63. The highest BCUT2D eigenvalue weighted by atomic mass is 32.2. The first kappa shape index (κ1) is 11.5. The fraction of sp³-hybridized carbons (Fsp3) is 0.417. The molecular formula is C12H16N2OS. The molecule has 4 heteroatoms. The summed E-state index contributed by atoms with van der Waals surface area (Å²) in [6.07, 6.45) is 2.68. The molecule has 1 aromatic carbocycles. The first-order chi connectivity index (χ1) is 7.77. The number of ether oxygens (including phenoxy) is 1. The highest BCUT2D eigenvalue weighted by Crippen LogP contribution is 2.26. The lowest BCUT2D eigenvalue weighted by Crippen LogP contribution is -2.13. The van der Waals surface area contributed by atoms with Crippen molar-refractivity contribution >= 4 is 17.6 Å². The van der Waals surface area contributed by atoms with E-state index in [-0.39, 0.29) is 5.84 Å². The number of hydrogen-bond donors (Lipinski definition) is 2.